The third-order valence-corrected chi connectivity index (χ3v) is 5.79. The first-order valence-electron chi connectivity index (χ1n) is 9.46. The van der Waals surface area contributed by atoms with E-state index < -0.39 is 0 Å². The van der Waals surface area contributed by atoms with Gasteiger partial charge in [0.25, 0.3) is 5.56 Å². The van der Waals surface area contributed by atoms with Crippen LogP contribution < -0.4 is 33.8 Å². The van der Waals surface area contributed by atoms with Crippen molar-refractivity contribution in [2.45, 2.75) is 0 Å². The lowest BCUT2D eigenvalue weighted by Crippen LogP contribution is -2.23. The van der Waals surface area contributed by atoms with Gasteiger partial charge in [-0.1, -0.05) is 11.3 Å². The topological polar surface area (TPSA) is 93.4 Å². The van der Waals surface area contributed by atoms with Gasteiger partial charge in [-0.2, -0.15) is 9.50 Å². The smallest absolute Gasteiger partial charge is 0.291 e. The van der Waals surface area contributed by atoms with Crippen LogP contribution in [-0.4, -0.2) is 50.1 Å². The van der Waals surface area contributed by atoms with Crippen molar-refractivity contribution in [2.75, 3.05) is 35.5 Å². The zero-order valence-corrected chi connectivity index (χ0v) is 19.0. The lowest BCUT2D eigenvalue weighted by molar-refractivity contribution is 0.324. The summed E-state index contributed by atoms with van der Waals surface area (Å²) in [5.41, 5.74) is 1.12. The number of benzene rings is 2. The van der Waals surface area contributed by atoms with Crippen LogP contribution in [0.15, 0.2) is 35.1 Å². The Morgan fingerprint density at radius 2 is 1.56 bits per heavy atom. The Labute approximate surface area is 187 Å². The van der Waals surface area contributed by atoms with Gasteiger partial charge in [-0.25, -0.2) is 0 Å². The van der Waals surface area contributed by atoms with Gasteiger partial charge >= 0.3 is 0 Å². The average molecular weight is 455 g/mol. The average Bonchev–Trinajstić information content (AvgIpc) is 3.37. The van der Waals surface area contributed by atoms with Gasteiger partial charge in [0.05, 0.1) is 40.1 Å². The second kappa shape index (κ2) is 8.75. The molecule has 0 bridgehead atoms. The van der Waals surface area contributed by atoms with Crippen LogP contribution in [0, 0.1) is 0 Å². The maximum absolute atomic E-state index is 13.0. The van der Waals surface area contributed by atoms with Crippen LogP contribution in [0.5, 0.6) is 28.7 Å². The summed E-state index contributed by atoms with van der Waals surface area (Å²) in [5, 5.41) is 4.40. The Morgan fingerprint density at radius 3 is 2.12 bits per heavy atom. The van der Waals surface area contributed by atoms with Crippen LogP contribution >= 0.6 is 11.3 Å². The third kappa shape index (κ3) is 3.69. The van der Waals surface area contributed by atoms with Crippen molar-refractivity contribution in [1.29, 1.82) is 0 Å². The predicted octanol–water partition coefficient (Wildman–Crippen LogP) is 2.41. The Morgan fingerprint density at radius 1 is 0.875 bits per heavy atom. The molecule has 0 saturated carbocycles. The summed E-state index contributed by atoms with van der Waals surface area (Å²) in [4.78, 5) is 18.0. The molecule has 166 valence electrons. The van der Waals surface area contributed by atoms with E-state index in [1.807, 2.05) is 6.07 Å². The fourth-order valence-electron chi connectivity index (χ4n) is 3.25. The molecule has 9 nitrogen and oxygen atoms in total. The van der Waals surface area contributed by atoms with Crippen LogP contribution in [0.3, 0.4) is 0 Å². The molecule has 0 aliphatic rings. The lowest BCUT2D eigenvalue weighted by atomic mass is 10.1. The fourth-order valence-corrected chi connectivity index (χ4v) is 4.14. The second-order valence-electron chi connectivity index (χ2n) is 6.57. The first-order chi connectivity index (χ1) is 15.5. The van der Waals surface area contributed by atoms with E-state index in [0.29, 0.717) is 49.6 Å². The van der Waals surface area contributed by atoms with Gasteiger partial charge in [0, 0.05) is 17.2 Å². The molecule has 2 aromatic carbocycles. The molecule has 0 aliphatic heterocycles. The van der Waals surface area contributed by atoms with Crippen molar-refractivity contribution in [1.82, 2.24) is 14.6 Å². The summed E-state index contributed by atoms with van der Waals surface area (Å²) in [6.45, 7) is 0. The van der Waals surface area contributed by atoms with E-state index in [9.17, 15) is 4.79 Å². The zero-order chi connectivity index (χ0) is 22.8. The SMILES string of the molecule is COc1ccc(C=c2sc3nc(-c4cc(OC)c(OC)c(OC)c4)nn3c2=O)c(OC)c1. The Balaban J connectivity index is 1.80. The highest BCUT2D eigenvalue weighted by molar-refractivity contribution is 7.15. The van der Waals surface area contributed by atoms with E-state index in [1.54, 1.807) is 44.6 Å². The fraction of sp³-hybridized carbons (Fsp3) is 0.227. The van der Waals surface area contributed by atoms with Gasteiger partial charge in [0.15, 0.2) is 17.3 Å². The molecule has 0 aliphatic carbocycles. The maximum atomic E-state index is 13.0. The number of thiazole rings is 1. The first-order valence-corrected chi connectivity index (χ1v) is 10.3. The first kappa shape index (κ1) is 21.4. The molecule has 0 N–H and O–H groups in total. The molecule has 0 spiro atoms. The molecule has 0 radical (unpaired) electrons. The summed E-state index contributed by atoms with van der Waals surface area (Å²) in [6, 6.07) is 8.86. The minimum atomic E-state index is -0.269. The third-order valence-electron chi connectivity index (χ3n) is 4.83. The van der Waals surface area contributed by atoms with Crippen LogP contribution in [0.4, 0.5) is 0 Å². The minimum absolute atomic E-state index is 0.269. The summed E-state index contributed by atoms with van der Waals surface area (Å²) < 4.78 is 28.5. The standard InChI is InChI=1S/C22H21N3O6S/c1-27-14-7-6-12(15(11-14)28-2)10-18-21(26)25-22(32-18)23-20(24-25)13-8-16(29-3)19(31-5)17(9-13)30-4/h6-11H,1-5H3. The molecule has 32 heavy (non-hydrogen) atoms. The molecule has 4 aromatic rings. The van der Waals surface area contributed by atoms with E-state index in [2.05, 4.69) is 10.1 Å². The zero-order valence-electron chi connectivity index (χ0n) is 18.2. The van der Waals surface area contributed by atoms with Crippen molar-refractivity contribution in [3.05, 3.63) is 50.8 Å². The highest BCUT2D eigenvalue weighted by Crippen LogP contribution is 2.40. The summed E-state index contributed by atoms with van der Waals surface area (Å²) in [7, 11) is 7.75. The summed E-state index contributed by atoms with van der Waals surface area (Å²) >= 11 is 1.24. The molecule has 2 heterocycles. The summed E-state index contributed by atoms with van der Waals surface area (Å²) in [5.74, 6) is 3.06. The molecule has 0 atom stereocenters. The Kier molecular flexibility index (Phi) is 5.87. The number of methoxy groups -OCH3 is 5. The second-order valence-corrected chi connectivity index (χ2v) is 7.58. The monoisotopic (exact) mass is 455 g/mol. The molecule has 0 saturated heterocycles. The molecule has 10 heteroatoms. The molecule has 0 unspecified atom stereocenters. The number of aromatic nitrogens is 3. The normalized spacial score (nSPS) is 11.6. The number of ether oxygens (including phenoxy) is 5. The van der Waals surface area contributed by atoms with Gasteiger partial charge in [0.1, 0.15) is 11.5 Å². The number of hydrogen-bond donors (Lipinski definition) is 0. The summed E-state index contributed by atoms with van der Waals surface area (Å²) in [6.07, 6.45) is 1.75. The van der Waals surface area contributed by atoms with Crippen molar-refractivity contribution >= 4 is 22.4 Å². The lowest BCUT2D eigenvalue weighted by Gasteiger charge is -2.12. The highest BCUT2D eigenvalue weighted by atomic mass is 32.1. The minimum Gasteiger partial charge on any atom is -0.497 e. The predicted molar refractivity (Wildman–Crippen MR) is 121 cm³/mol. The quantitative estimate of drug-likeness (QED) is 0.420. The van der Waals surface area contributed by atoms with E-state index in [4.69, 9.17) is 23.7 Å². The number of nitrogens with zero attached hydrogens (tertiary/aromatic N) is 3. The number of rotatable bonds is 7. The van der Waals surface area contributed by atoms with Gasteiger partial charge in [-0.3, -0.25) is 4.79 Å². The van der Waals surface area contributed by atoms with Gasteiger partial charge in [0.2, 0.25) is 10.7 Å². The largest absolute Gasteiger partial charge is 0.497 e. The van der Waals surface area contributed by atoms with E-state index in [-0.39, 0.29) is 5.56 Å². The van der Waals surface area contributed by atoms with Crippen molar-refractivity contribution in [2.24, 2.45) is 0 Å². The van der Waals surface area contributed by atoms with Gasteiger partial charge < -0.3 is 23.7 Å². The van der Waals surface area contributed by atoms with Crippen LogP contribution in [0.1, 0.15) is 5.56 Å². The Bertz CT molecular complexity index is 1370. The molecular weight excluding hydrogens is 434 g/mol. The van der Waals surface area contributed by atoms with E-state index in [0.717, 1.165) is 5.56 Å². The van der Waals surface area contributed by atoms with Gasteiger partial charge in [-0.05, 0) is 30.3 Å². The highest BCUT2D eigenvalue weighted by Gasteiger charge is 2.18. The van der Waals surface area contributed by atoms with Crippen LogP contribution in [-0.2, 0) is 0 Å². The number of hydrogen-bond acceptors (Lipinski definition) is 9. The molecule has 0 fully saturated rings. The van der Waals surface area contributed by atoms with Crippen molar-refractivity contribution in [3.63, 3.8) is 0 Å². The van der Waals surface area contributed by atoms with Crippen LogP contribution in [0.25, 0.3) is 22.4 Å². The van der Waals surface area contributed by atoms with E-state index in [1.165, 1.54) is 37.2 Å². The maximum Gasteiger partial charge on any atom is 0.291 e. The molecule has 0 amide bonds. The van der Waals surface area contributed by atoms with Crippen molar-refractivity contribution < 1.29 is 23.7 Å². The van der Waals surface area contributed by atoms with Crippen molar-refractivity contribution in [3.8, 4) is 40.1 Å². The van der Waals surface area contributed by atoms with Crippen LogP contribution in [0.2, 0.25) is 0 Å². The van der Waals surface area contributed by atoms with E-state index >= 15 is 0 Å². The number of fused-ring (bicyclic) bond motifs is 1. The molecule has 2 aromatic heterocycles. The Hall–Kier alpha value is -3.79. The molecular formula is C22H21N3O6S. The molecule has 4 rings (SSSR count). The van der Waals surface area contributed by atoms with Gasteiger partial charge in [-0.15, -0.1) is 5.10 Å².